The molecule has 21 heavy (non-hydrogen) atoms. The Morgan fingerprint density at radius 2 is 2.05 bits per heavy atom. The highest BCUT2D eigenvalue weighted by Crippen LogP contribution is 2.32. The zero-order valence-corrected chi connectivity index (χ0v) is 11.4. The zero-order valence-electron chi connectivity index (χ0n) is 11.4. The molecule has 1 heterocycles. The quantitative estimate of drug-likeness (QED) is 0.939. The molecule has 1 aliphatic rings. The van der Waals surface area contributed by atoms with Crippen LogP contribution in [0, 0.1) is 5.82 Å². The minimum Gasteiger partial charge on any atom is -0.478 e. The van der Waals surface area contributed by atoms with Gasteiger partial charge in [0.2, 0.25) is 0 Å². The van der Waals surface area contributed by atoms with Crippen molar-refractivity contribution < 1.29 is 14.3 Å². The number of halogens is 1. The summed E-state index contributed by atoms with van der Waals surface area (Å²) in [5.41, 5.74) is 0.161. The second kappa shape index (κ2) is 5.59. The summed E-state index contributed by atoms with van der Waals surface area (Å²) in [4.78, 5) is 11.3. The van der Waals surface area contributed by atoms with Crippen molar-refractivity contribution in [2.45, 2.75) is 38.0 Å². The molecule has 0 bridgehead atoms. The molecular formula is C14H15FN4O2. The Kier molecular flexibility index (Phi) is 3.64. The maximum atomic E-state index is 13.3. The van der Waals surface area contributed by atoms with E-state index in [1.165, 1.54) is 23.2 Å². The summed E-state index contributed by atoms with van der Waals surface area (Å²) in [6.07, 6.45) is 5.42. The van der Waals surface area contributed by atoms with Crippen LogP contribution in [0.2, 0.25) is 0 Å². The lowest BCUT2D eigenvalue weighted by Gasteiger charge is -2.20. The van der Waals surface area contributed by atoms with Gasteiger partial charge in [-0.3, -0.25) is 0 Å². The number of hydrogen-bond donors (Lipinski definition) is 1. The fourth-order valence-corrected chi connectivity index (χ4v) is 2.85. The molecular weight excluding hydrogens is 275 g/mol. The lowest BCUT2D eigenvalue weighted by molar-refractivity contribution is 0.0696. The molecule has 0 saturated heterocycles. The van der Waals surface area contributed by atoms with Crippen LogP contribution in [0.15, 0.2) is 18.2 Å². The van der Waals surface area contributed by atoms with E-state index in [1.54, 1.807) is 0 Å². The molecule has 1 aromatic carbocycles. The van der Waals surface area contributed by atoms with Gasteiger partial charge in [-0.2, -0.15) is 4.68 Å². The van der Waals surface area contributed by atoms with Gasteiger partial charge in [0.1, 0.15) is 5.82 Å². The largest absolute Gasteiger partial charge is 0.478 e. The Morgan fingerprint density at radius 1 is 1.29 bits per heavy atom. The number of benzene rings is 1. The van der Waals surface area contributed by atoms with Crippen molar-refractivity contribution in [1.82, 2.24) is 20.2 Å². The molecule has 1 aromatic heterocycles. The minimum atomic E-state index is -1.20. The third-order valence-electron chi connectivity index (χ3n) is 3.88. The highest BCUT2D eigenvalue weighted by Gasteiger charge is 2.24. The molecule has 0 spiro atoms. The molecule has 0 aliphatic heterocycles. The van der Waals surface area contributed by atoms with Crippen molar-refractivity contribution in [1.29, 1.82) is 0 Å². The van der Waals surface area contributed by atoms with Gasteiger partial charge in [-0.25, -0.2) is 9.18 Å². The van der Waals surface area contributed by atoms with E-state index in [1.807, 2.05) is 0 Å². The van der Waals surface area contributed by atoms with Crippen molar-refractivity contribution in [3.63, 3.8) is 0 Å². The maximum Gasteiger partial charge on any atom is 0.338 e. The van der Waals surface area contributed by atoms with Gasteiger partial charge in [0.05, 0.1) is 11.3 Å². The Hall–Kier alpha value is -2.31. The van der Waals surface area contributed by atoms with Crippen LogP contribution in [0.5, 0.6) is 0 Å². The first-order valence-electron chi connectivity index (χ1n) is 6.98. The molecule has 110 valence electrons. The van der Waals surface area contributed by atoms with E-state index >= 15 is 0 Å². The predicted molar refractivity (Wildman–Crippen MR) is 71.9 cm³/mol. The predicted octanol–water partition coefficient (Wildman–Crippen LogP) is 2.55. The van der Waals surface area contributed by atoms with Crippen LogP contribution in [0.3, 0.4) is 0 Å². The average molecular weight is 290 g/mol. The summed E-state index contributed by atoms with van der Waals surface area (Å²) in [5.74, 6) is -0.915. The SMILES string of the molecule is O=C(O)c1cc(F)ccc1-n1nnnc1C1CCCCC1. The van der Waals surface area contributed by atoms with Gasteiger partial charge in [0, 0.05) is 5.92 Å². The summed E-state index contributed by atoms with van der Waals surface area (Å²) in [6.45, 7) is 0. The fourth-order valence-electron chi connectivity index (χ4n) is 2.85. The smallest absolute Gasteiger partial charge is 0.338 e. The second-order valence-electron chi connectivity index (χ2n) is 5.25. The van der Waals surface area contributed by atoms with Crippen molar-refractivity contribution in [3.05, 3.63) is 35.4 Å². The van der Waals surface area contributed by atoms with Crippen LogP contribution >= 0.6 is 0 Å². The fraction of sp³-hybridized carbons (Fsp3) is 0.429. The van der Waals surface area contributed by atoms with Crippen LogP contribution in [0.1, 0.15) is 54.2 Å². The Morgan fingerprint density at radius 3 is 2.76 bits per heavy atom. The first-order chi connectivity index (χ1) is 10.2. The number of aromatic carboxylic acids is 1. The van der Waals surface area contributed by atoms with Gasteiger partial charge in [0.25, 0.3) is 0 Å². The van der Waals surface area contributed by atoms with Crippen molar-refractivity contribution in [2.24, 2.45) is 0 Å². The number of carbonyl (C=O) groups is 1. The summed E-state index contributed by atoms with van der Waals surface area (Å²) < 4.78 is 14.7. The first-order valence-corrected chi connectivity index (χ1v) is 6.98. The summed E-state index contributed by atoms with van der Waals surface area (Å²) >= 11 is 0. The van der Waals surface area contributed by atoms with E-state index in [4.69, 9.17) is 0 Å². The molecule has 1 aliphatic carbocycles. The first kappa shape index (κ1) is 13.7. The van der Waals surface area contributed by atoms with Gasteiger partial charge >= 0.3 is 5.97 Å². The van der Waals surface area contributed by atoms with Crippen LogP contribution in [-0.2, 0) is 0 Å². The monoisotopic (exact) mass is 290 g/mol. The average Bonchev–Trinajstić information content (AvgIpc) is 2.97. The van der Waals surface area contributed by atoms with E-state index in [0.29, 0.717) is 11.5 Å². The lowest BCUT2D eigenvalue weighted by atomic mass is 9.88. The van der Waals surface area contributed by atoms with Crippen molar-refractivity contribution >= 4 is 5.97 Å². The van der Waals surface area contributed by atoms with Crippen LogP contribution in [0.25, 0.3) is 5.69 Å². The van der Waals surface area contributed by atoms with Gasteiger partial charge in [0.15, 0.2) is 5.82 Å². The van der Waals surface area contributed by atoms with E-state index in [0.717, 1.165) is 31.7 Å². The standard InChI is InChI=1S/C14H15FN4O2/c15-10-6-7-12(11(8-10)14(20)21)19-13(16-17-18-19)9-4-2-1-3-5-9/h6-9H,1-5H2,(H,20,21). The topological polar surface area (TPSA) is 80.9 Å². The minimum absolute atomic E-state index is 0.139. The molecule has 3 rings (SSSR count). The second-order valence-corrected chi connectivity index (χ2v) is 5.25. The van der Waals surface area contributed by atoms with Gasteiger partial charge in [-0.1, -0.05) is 19.3 Å². The molecule has 6 nitrogen and oxygen atoms in total. The number of hydrogen-bond acceptors (Lipinski definition) is 4. The molecule has 1 N–H and O–H groups in total. The van der Waals surface area contributed by atoms with E-state index < -0.39 is 11.8 Å². The van der Waals surface area contributed by atoms with Gasteiger partial charge < -0.3 is 5.11 Å². The zero-order chi connectivity index (χ0) is 14.8. The number of rotatable bonds is 3. The van der Waals surface area contributed by atoms with E-state index in [-0.39, 0.29) is 11.5 Å². The summed E-state index contributed by atoms with van der Waals surface area (Å²) in [5, 5.41) is 20.9. The highest BCUT2D eigenvalue weighted by molar-refractivity contribution is 5.91. The van der Waals surface area contributed by atoms with E-state index in [2.05, 4.69) is 15.5 Å². The number of carboxylic acid groups (broad SMARTS) is 1. The summed E-state index contributed by atoms with van der Waals surface area (Å²) in [6, 6.07) is 3.61. The van der Waals surface area contributed by atoms with Gasteiger partial charge in [-0.05, 0) is 41.5 Å². The molecule has 1 saturated carbocycles. The molecule has 0 atom stereocenters. The molecule has 0 radical (unpaired) electrons. The third-order valence-corrected chi connectivity index (χ3v) is 3.88. The number of carboxylic acids is 1. The Balaban J connectivity index is 2.05. The Labute approximate surface area is 120 Å². The Bertz CT molecular complexity index is 665. The normalized spacial score (nSPS) is 16.0. The number of nitrogens with zero attached hydrogens (tertiary/aromatic N) is 4. The molecule has 1 fully saturated rings. The van der Waals surface area contributed by atoms with Gasteiger partial charge in [-0.15, -0.1) is 5.10 Å². The maximum absolute atomic E-state index is 13.3. The van der Waals surface area contributed by atoms with Crippen LogP contribution in [-0.4, -0.2) is 31.3 Å². The number of aromatic nitrogens is 4. The van der Waals surface area contributed by atoms with Crippen molar-refractivity contribution in [3.8, 4) is 5.69 Å². The summed E-state index contributed by atoms with van der Waals surface area (Å²) in [7, 11) is 0. The highest BCUT2D eigenvalue weighted by atomic mass is 19.1. The molecule has 0 amide bonds. The molecule has 2 aromatic rings. The third kappa shape index (κ3) is 2.63. The molecule has 7 heteroatoms. The molecule has 0 unspecified atom stereocenters. The van der Waals surface area contributed by atoms with Crippen molar-refractivity contribution in [2.75, 3.05) is 0 Å². The van der Waals surface area contributed by atoms with Crippen LogP contribution in [0.4, 0.5) is 4.39 Å². The lowest BCUT2D eigenvalue weighted by Crippen LogP contribution is -2.14. The number of tetrazole rings is 1. The van der Waals surface area contributed by atoms with E-state index in [9.17, 15) is 14.3 Å². The van der Waals surface area contributed by atoms with Crippen LogP contribution < -0.4 is 0 Å².